The molecule has 0 fully saturated rings. The topological polar surface area (TPSA) is 105 Å². The van der Waals surface area contributed by atoms with Gasteiger partial charge in [-0.05, 0) is 31.3 Å². The van der Waals surface area contributed by atoms with E-state index in [1.165, 1.54) is 24.3 Å². The molecule has 0 unspecified atom stereocenters. The second-order valence-electron chi connectivity index (χ2n) is 4.06. The first-order chi connectivity index (χ1) is 10.4. The van der Waals surface area contributed by atoms with Gasteiger partial charge >= 0.3 is 5.97 Å². The first-order valence-corrected chi connectivity index (χ1v) is 6.53. The molecular weight excluding hydrogens is 312 g/mol. The average molecular weight is 322 g/mol. The summed E-state index contributed by atoms with van der Waals surface area (Å²) >= 11 is 4.88. The fourth-order valence-corrected chi connectivity index (χ4v) is 1.87. The first-order valence-electron chi connectivity index (χ1n) is 6.12. The van der Waals surface area contributed by atoms with Gasteiger partial charge in [-0.25, -0.2) is 9.36 Å². The van der Waals surface area contributed by atoms with Gasteiger partial charge in [-0.2, -0.15) is 0 Å². The summed E-state index contributed by atoms with van der Waals surface area (Å²) in [5, 5.41) is 10.6. The number of nitro benzene ring substituents is 1. The van der Waals surface area contributed by atoms with Crippen LogP contribution in [0.1, 0.15) is 27.8 Å². The molecule has 114 valence electrons. The summed E-state index contributed by atoms with van der Waals surface area (Å²) in [6, 6.07) is 4.98. The van der Waals surface area contributed by atoms with Gasteiger partial charge in [-0.1, -0.05) is 0 Å². The standard InChI is InChI=1S/C13H10N2O6S/c1-2-20-12(17)10-7-14(13(22)21-10)11(16)8-3-5-9(6-4-8)15(18)19/h3-7H,2H2,1H3. The van der Waals surface area contributed by atoms with Gasteiger partial charge in [0, 0.05) is 17.7 Å². The van der Waals surface area contributed by atoms with Crippen molar-refractivity contribution < 1.29 is 23.7 Å². The Morgan fingerprint density at radius 2 is 2.00 bits per heavy atom. The molecule has 0 atom stereocenters. The number of nitro groups is 1. The molecule has 2 aromatic rings. The molecule has 0 aliphatic carbocycles. The smallest absolute Gasteiger partial charge is 0.375 e. The minimum absolute atomic E-state index is 0.139. The van der Waals surface area contributed by atoms with Gasteiger partial charge < -0.3 is 9.15 Å². The van der Waals surface area contributed by atoms with E-state index in [1.54, 1.807) is 6.92 Å². The molecule has 0 bridgehead atoms. The predicted octanol–water partition coefficient (Wildman–Crippen LogP) is 2.58. The number of ether oxygens (including phenoxy) is 1. The summed E-state index contributed by atoms with van der Waals surface area (Å²) in [5.41, 5.74) is 0.0254. The van der Waals surface area contributed by atoms with Gasteiger partial charge in [0.2, 0.25) is 5.76 Å². The maximum absolute atomic E-state index is 12.3. The predicted molar refractivity (Wildman–Crippen MR) is 76.3 cm³/mol. The first kappa shape index (κ1) is 15.6. The van der Waals surface area contributed by atoms with Crippen molar-refractivity contribution >= 4 is 29.8 Å². The van der Waals surface area contributed by atoms with Crippen LogP contribution in [-0.2, 0) is 4.74 Å². The Bertz CT molecular complexity index is 790. The molecule has 1 heterocycles. The number of oxazole rings is 1. The number of carbonyl (C=O) groups excluding carboxylic acids is 2. The van der Waals surface area contributed by atoms with E-state index in [1.807, 2.05) is 0 Å². The molecule has 1 aromatic carbocycles. The van der Waals surface area contributed by atoms with Gasteiger partial charge in [0.1, 0.15) is 0 Å². The summed E-state index contributed by atoms with van der Waals surface area (Å²) in [6.45, 7) is 1.79. The Morgan fingerprint density at radius 3 is 2.55 bits per heavy atom. The largest absolute Gasteiger partial charge is 0.460 e. The van der Waals surface area contributed by atoms with Crippen molar-refractivity contribution in [3.63, 3.8) is 0 Å². The highest BCUT2D eigenvalue weighted by molar-refractivity contribution is 7.71. The zero-order chi connectivity index (χ0) is 16.3. The van der Waals surface area contributed by atoms with Crippen molar-refractivity contribution in [2.75, 3.05) is 6.61 Å². The number of nitrogens with zero attached hydrogens (tertiary/aromatic N) is 2. The second-order valence-corrected chi connectivity index (χ2v) is 4.41. The van der Waals surface area contributed by atoms with Gasteiger partial charge in [0.25, 0.3) is 16.4 Å². The van der Waals surface area contributed by atoms with E-state index < -0.39 is 16.8 Å². The molecule has 22 heavy (non-hydrogen) atoms. The highest BCUT2D eigenvalue weighted by Crippen LogP contribution is 2.14. The van der Waals surface area contributed by atoms with Gasteiger partial charge in [-0.15, -0.1) is 0 Å². The van der Waals surface area contributed by atoms with Crippen LogP contribution in [-0.4, -0.2) is 28.0 Å². The number of aromatic nitrogens is 1. The van der Waals surface area contributed by atoms with Crippen LogP contribution in [0.15, 0.2) is 34.9 Å². The van der Waals surface area contributed by atoms with Crippen LogP contribution >= 0.6 is 12.2 Å². The minimum atomic E-state index is -0.733. The Hall–Kier alpha value is -2.81. The molecule has 0 saturated heterocycles. The Labute approximate surface area is 129 Å². The fourth-order valence-electron chi connectivity index (χ4n) is 1.64. The highest BCUT2D eigenvalue weighted by atomic mass is 32.1. The lowest BCUT2D eigenvalue weighted by atomic mass is 10.2. The lowest BCUT2D eigenvalue weighted by molar-refractivity contribution is -0.384. The normalized spacial score (nSPS) is 10.2. The quantitative estimate of drug-likeness (QED) is 0.368. The molecule has 0 saturated carbocycles. The summed E-state index contributed by atoms with van der Waals surface area (Å²) in [6.07, 6.45) is 1.13. The molecular formula is C13H10N2O6S. The number of hydrogen-bond acceptors (Lipinski definition) is 7. The van der Waals surface area contributed by atoms with E-state index in [9.17, 15) is 19.7 Å². The third-order valence-corrected chi connectivity index (χ3v) is 2.94. The zero-order valence-corrected chi connectivity index (χ0v) is 12.2. The molecule has 1 aromatic heterocycles. The SMILES string of the molecule is CCOC(=O)c1cn(C(=O)c2ccc([N+](=O)[O-])cc2)c(=S)o1. The molecule has 0 amide bonds. The molecule has 2 rings (SSSR count). The van der Waals surface area contributed by atoms with Crippen molar-refractivity contribution in [2.45, 2.75) is 6.92 Å². The van der Waals surface area contributed by atoms with E-state index in [0.717, 1.165) is 10.8 Å². The van der Waals surface area contributed by atoms with Crippen LogP contribution in [0, 0.1) is 15.0 Å². The third-order valence-electron chi connectivity index (χ3n) is 2.66. The maximum Gasteiger partial charge on any atom is 0.375 e. The number of carbonyl (C=O) groups is 2. The second kappa shape index (κ2) is 6.31. The summed E-state index contributed by atoms with van der Waals surface area (Å²) < 4.78 is 10.7. The summed E-state index contributed by atoms with van der Waals surface area (Å²) in [5.74, 6) is -1.50. The summed E-state index contributed by atoms with van der Waals surface area (Å²) in [4.78, 5) is 33.6. The lowest BCUT2D eigenvalue weighted by Crippen LogP contribution is -2.11. The maximum atomic E-state index is 12.3. The fraction of sp³-hybridized carbons (Fsp3) is 0.154. The van der Waals surface area contributed by atoms with E-state index in [2.05, 4.69) is 0 Å². The Morgan fingerprint density at radius 1 is 1.36 bits per heavy atom. The Balaban J connectivity index is 2.31. The van der Waals surface area contributed by atoms with Crippen LogP contribution < -0.4 is 0 Å². The van der Waals surface area contributed by atoms with Crippen molar-refractivity contribution in [3.05, 3.63) is 56.7 Å². The Kier molecular flexibility index (Phi) is 4.47. The molecule has 0 radical (unpaired) electrons. The van der Waals surface area contributed by atoms with E-state index in [0.29, 0.717) is 0 Å². The number of benzene rings is 1. The van der Waals surface area contributed by atoms with Gasteiger partial charge in [-0.3, -0.25) is 14.9 Å². The number of esters is 1. The van der Waals surface area contributed by atoms with Crippen molar-refractivity contribution in [3.8, 4) is 0 Å². The van der Waals surface area contributed by atoms with Crippen LogP contribution in [0.25, 0.3) is 0 Å². The molecule has 0 aliphatic rings. The lowest BCUT2D eigenvalue weighted by Gasteiger charge is -2.00. The molecule has 0 N–H and O–H groups in total. The monoisotopic (exact) mass is 322 g/mol. The zero-order valence-electron chi connectivity index (χ0n) is 11.3. The average Bonchev–Trinajstić information content (AvgIpc) is 2.89. The van der Waals surface area contributed by atoms with Crippen LogP contribution in [0.3, 0.4) is 0 Å². The van der Waals surface area contributed by atoms with E-state index in [4.69, 9.17) is 21.4 Å². The van der Waals surface area contributed by atoms with Gasteiger partial charge in [0.15, 0.2) is 0 Å². The molecule has 9 heteroatoms. The summed E-state index contributed by atoms with van der Waals surface area (Å²) in [7, 11) is 0. The van der Waals surface area contributed by atoms with Crippen LogP contribution in [0.4, 0.5) is 5.69 Å². The van der Waals surface area contributed by atoms with E-state index in [-0.39, 0.29) is 28.5 Å². The number of rotatable bonds is 4. The molecule has 0 aliphatic heterocycles. The van der Waals surface area contributed by atoms with Gasteiger partial charge in [0.05, 0.1) is 17.7 Å². The minimum Gasteiger partial charge on any atom is -0.460 e. The number of non-ortho nitro benzene ring substituents is 1. The molecule has 0 spiro atoms. The number of hydrogen-bond donors (Lipinski definition) is 0. The van der Waals surface area contributed by atoms with Crippen molar-refractivity contribution in [1.82, 2.24) is 4.57 Å². The van der Waals surface area contributed by atoms with Crippen LogP contribution in [0.5, 0.6) is 0 Å². The van der Waals surface area contributed by atoms with Crippen molar-refractivity contribution in [1.29, 1.82) is 0 Å². The third kappa shape index (κ3) is 3.09. The van der Waals surface area contributed by atoms with E-state index >= 15 is 0 Å². The van der Waals surface area contributed by atoms with Crippen molar-refractivity contribution in [2.24, 2.45) is 0 Å². The van der Waals surface area contributed by atoms with Crippen LogP contribution in [0.2, 0.25) is 0 Å². The highest BCUT2D eigenvalue weighted by Gasteiger charge is 2.18. The molecule has 8 nitrogen and oxygen atoms in total.